The smallest absolute Gasteiger partial charge is 0.501 e. The zero-order valence-electron chi connectivity index (χ0n) is 7.14. The van der Waals surface area contributed by atoms with Gasteiger partial charge in [-0.3, -0.25) is 0 Å². The quantitative estimate of drug-likeness (QED) is 0.479. The summed E-state index contributed by atoms with van der Waals surface area (Å²) in [5.41, 5.74) is 5.84. The van der Waals surface area contributed by atoms with E-state index < -0.39 is 10.4 Å². The van der Waals surface area contributed by atoms with E-state index in [0.717, 1.165) is 6.07 Å². The molecule has 0 amide bonds. The van der Waals surface area contributed by atoms with Crippen molar-refractivity contribution >= 4 is 16.1 Å². The Morgan fingerprint density at radius 1 is 1.43 bits per heavy atom. The number of phenolic OH excluding ortho intramolecular Hbond substituents is 1. The van der Waals surface area contributed by atoms with Crippen molar-refractivity contribution < 1.29 is 21.9 Å². The monoisotopic (exact) mass is 217 g/mol. The number of nitrogens with two attached hydrogens (primary N) is 1. The fraction of sp³-hybridized carbons (Fsp3) is 0.143. The zero-order chi connectivity index (χ0) is 10.5. The molecule has 0 spiro atoms. The van der Waals surface area contributed by atoms with Gasteiger partial charge in [-0.05, 0) is 6.92 Å². The van der Waals surface area contributed by atoms with Crippen LogP contribution in [0.3, 0.4) is 0 Å². The Morgan fingerprint density at radius 3 is 2.71 bits per heavy atom. The van der Waals surface area contributed by atoms with Crippen molar-refractivity contribution in [1.29, 1.82) is 0 Å². The fourth-order valence-corrected chi connectivity index (χ4v) is 1.96. The second kappa shape index (κ2) is 2.44. The lowest BCUT2D eigenvalue weighted by molar-refractivity contribution is 0.373. The van der Waals surface area contributed by atoms with E-state index in [1.807, 2.05) is 0 Å². The van der Waals surface area contributed by atoms with Gasteiger partial charge in [-0.15, -0.1) is 8.42 Å². The van der Waals surface area contributed by atoms with E-state index in [-0.39, 0.29) is 28.5 Å². The first-order chi connectivity index (χ1) is 6.41. The topological polar surface area (TPSA) is 98.9 Å². The molecule has 0 aliphatic carbocycles. The molecule has 1 aliphatic rings. The number of fused-ring (bicyclic) bond motifs is 2. The Labute approximate surface area is 80.2 Å². The van der Waals surface area contributed by atoms with Gasteiger partial charge in [-0.2, -0.15) is 0 Å². The number of phenols is 1. The maximum Gasteiger partial charge on any atom is 0.501 e. The van der Waals surface area contributed by atoms with Crippen LogP contribution >= 0.6 is 0 Å². The van der Waals surface area contributed by atoms with Crippen molar-refractivity contribution in [1.82, 2.24) is 0 Å². The van der Waals surface area contributed by atoms with Crippen molar-refractivity contribution in [2.45, 2.75) is 6.92 Å². The second-order valence-electron chi connectivity index (χ2n) is 2.84. The van der Waals surface area contributed by atoms with E-state index in [1.165, 1.54) is 6.92 Å². The van der Waals surface area contributed by atoms with Crippen LogP contribution in [-0.2, 0) is 10.4 Å². The highest BCUT2D eigenvalue weighted by Gasteiger charge is 2.30. The number of hydrogen-bond acceptors (Lipinski definition) is 6. The molecule has 0 fully saturated rings. The highest BCUT2D eigenvalue weighted by molar-refractivity contribution is 7.82. The summed E-state index contributed by atoms with van der Waals surface area (Å²) in [6.07, 6.45) is 0. The van der Waals surface area contributed by atoms with E-state index in [1.54, 1.807) is 0 Å². The Kier molecular flexibility index (Phi) is 1.56. The minimum absolute atomic E-state index is 0.0649. The molecule has 0 saturated heterocycles. The summed E-state index contributed by atoms with van der Waals surface area (Å²) >= 11 is 0. The molecule has 0 aromatic heterocycles. The highest BCUT2D eigenvalue weighted by Crippen LogP contribution is 2.44. The van der Waals surface area contributed by atoms with Gasteiger partial charge in [0.1, 0.15) is 11.4 Å². The summed E-state index contributed by atoms with van der Waals surface area (Å²) in [6.45, 7) is 1.49. The Morgan fingerprint density at radius 2 is 2.07 bits per heavy atom. The normalized spacial score (nSPS) is 16.9. The van der Waals surface area contributed by atoms with Crippen LogP contribution in [0.2, 0.25) is 0 Å². The Hall–Kier alpha value is -1.63. The van der Waals surface area contributed by atoms with E-state index in [4.69, 9.17) is 5.73 Å². The van der Waals surface area contributed by atoms with Crippen molar-refractivity contribution in [2.24, 2.45) is 0 Å². The van der Waals surface area contributed by atoms with Crippen molar-refractivity contribution in [3.8, 4) is 17.2 Å². The van der Waals surface area contributed by atoms with E-state index >= 15 is 0 Å². The first-order valence-electron chi connectivity index (χ1n) is 3.66. The van der Waals surface area contributed by atoms with Gasteiger partial charge in [0.25, 0.3) is 0 Å². The second-order valence-corrected chi connectivity index (χ2v) is 3.99. The molecule has 7 heteroatoms. The number of benzene rings is 1. The lowest BCUT2D eigenvalue weighted by Gasteiger charge is -2.20. The van der Waals surface area contributed by atoms with Crippen LogP contribution in [0.4, 0.5) is 5.69 Å². The standard InChI is InChI=1S/C7H7NO5S/c1-3-4(9)2-5-6(8)7(3)13-14(10,11)12-5/h2,9H,8H2,1H3. The molecular weight excluding hydrogens is 210 g/mol. The van der Waals surface area contributed by atoms with Crippen LogP contribution < -0.4 is 14.1 Å². The minimum atomic E-state index is -4.08. The predicted molar refractivity (Wildman–Crippen MR) is 47.4 cm³/mol. The molecule has 1 aliphatic heterocycles. The van der Waals surface area contributed by atoms with Crippen LogP contribution in [0.1, 0.15) is 5.56 Å². The van der Waals surface area contributed by atoms with Crippen LogP contribution in [-0.4, -0.2) is 13.5 Å². The van der Waals surface area contributed by atoms with Crippen molar-refractivity contribution in [3.63, 3.8) is 0 Å². The maximum atomic E-state index is 11.0. The predicted octanol–water partition coefficient (Wildman–Crippen LogP) is 0.299. The summed E-state index contributed by atoms with van der Waals surface area (Å²) in [5.74, 6) is -0.320. The summed E-state index contributed by atoms with van der Waals surface area (Å²) in [5, 5.41) is 9.33. The Balaban J connectivity index is 2.76. The molecule has 1 heterocycles. The summed E-state index contributed by atoms with van der Waals surface area (Å²) < 4.78 is 30.9. The third-order valence-electron chi connectivity index (χ3n) is 1.88. The molecule has 1 aromatic rings. The molecule has 76 valence electrons. The lowest BCUT2D eigenvalue weighted by atomic mass is 10.1. The van der Waals surface area contributed by atoms with Crippen LogP contribution in [0.25, 0.3) is 0 Å². The van der Waals surface area contributed by atoms with E-state index in [2.05, 4.69) is 8.37 Å². The summed E-state index contributed by atoms with van der Waals surface area (Å²) in [6, 6.07) is 1.13. The molecule has 0 unspecified atom stereocenters. The van der Waals surface area contributed by atoms with E-state index in [9.17, 15) is 13.5 Å². The van der Waals surface area contributed by atoms with Gasteiger partial charge >= 0.3 is 10.4 Å². The average molecular weight is 217 g/mol. The van der Waals surface area contributed by atoms with Crippen LogP contribution in [0.15, 0.2) is 6.07 Å². The first kappa shape index (κ1) is 8.95. The molecular formula is C7H7NO5S. The van der Waals surface area contributed by atoms with Crippen molar-refractivity contribution in [2.75, 3.05) is 5.73 Å². The molecule has 2 rings (SSSR count). The number of aromatic hydroxyl groups is 1. The summed E-state index contributed by atoms with van der Waals surface area (Å²) in [7, 11) is -4.08. The molecule has 1 aromatic carbocycles. The third-order valence-corrected chi connectivity index (χ3v) is 2.63. The van der Waals surface area contributed by atoms with Crippen LogP contribution in [0.5, 0.6) is 17.2 Å². The van der Waals surface area contributed by atoms with Gasteiger partial charge in [-0.25, -0.2) is 0 Å². The number of rotatable bonds is 0. The van der Waals surface area contributed by atoms with E-state index in [0.29, 0.717) is 0 Å². The van der Waals surface area contributed by atoms with Gasteiger partial charge in [0.15, 0.2) is 11.5 Å². The molecule has 2 bridgehead atoms. The van der Waals surface area contributed by atoms with Gasteiger partial charge < -0.3 is 19.2 Å². The molecule has 6 nitrogen and oxygen atoms in total. The zero-order valence-corrected chi connectivity index (χ0v) is 7.96. The molecule has 14 heavy (non-hydrogen) atoms. The molecule has 0 saturated carbocycles. The van der Waals surface area contributed by atoms with Crippen molar-refractivity contribution in [3.05, 3.63) is 11.6 Å². The molecule has 0 radical (unpaired) electrons. The maximum absolute atomic E-state index is 11.0. The number of hydrogen-bond donors (Lipinski definition) is 2. The minimum Gasteiger partial charge on any atom is -0.507 e. The van der Waals surface area contributed by atoms with Crippen LogP contribution in [0, 0.1) is 6.92 Å². The van der Waals surface area contributed by atoms with Gasteiger partial charge in [0.05, 0.1) is 0 Å². The SMILES string of the molecule is Cc1c(O)cc2c(N)c1OS(=O)(=O)O2. The van der Waals surface area contributed by atoms with Gasteiger partial charge in [0.2, 0.25) is 0 Å². The summed E-state index contributed by atoms with van der Waals surface area (Å²) in [4.78, 5) is 0. The lowest BCUT2D eigenvalue weighted by Crippen LogP contribution is -2.22. The molecule has 3 N–H and O–H groups in total. The number of anilines is 1. The third kappa shape index (κ3) is 1.13. The number of nitrogen functional groups attached to an aromatic ring is 1. The average Bonchev–Trinajstić information content (AvgIpc) is 2.06. The largest absolute Gasteiger partial charge is 0.507 e. The first-order valence-corrected chi connectivity index (χ1v) is 5.00. The fourth-order valence-electron chi connectivity index (χ4n) is 1.15. The highest BCUT2D eigenvalue weighted by atomic mass is 32.3. The van der Waals surface area contributed by atoms with Gasteiger partial charge in [0, 0.05) is 11.6 Å². The van der Waals surface area contributed by atoms with Gasteiger partial charge in [-0.1, -0.05) is 0 Å². The molecule has 0 atom stereocenters. The Bertz CT molecular complexity index is 501.